The monoisotopic (exact) mass is 431 g/mol. The SMILES string of the molecule is CN(C)c1ccc(S(=O)(=O)N(C)C)cc1NC(=O)c1ccc(OC(F)(F)F)cc1. The molecule has 0 bridgehead atoms. The highest BCUT2D eigenvalue weighted by atomic mass is 32.2. The fourth-order valence-electron chi connectivity index (χ4n) is 2.38. The molecule has 11 heteroatoms. The molecule has 0 aliphatic heterocycles. The molecule has 2 rings (SSSR count). The van der Waals surface area contributed by atoms with Gasteiger partial charge in [0.05, 0.1) is 16.3 Å². The molecule has 0 radical (unpaired) electrons. The highest BCUT2D eigenvalue weighted by Gasteiger charge is 2.31. The first-order chi connectivity index (χ1) is 13.3. The van der Waals surface area contributed by atoms with E-state index >= 15 is 0 Å². The molecule has 7 nitrogen and oxygen atoms in total. The van der Waals surface area contributed by atoms with Gasteiger partial charge in [0.25, 0.3) is 5.91 Å². The van der Waals surface area contributed by atoms with Crippen molar-refractivity contribution in [3.8, 4) is 5.75 Å². The van der Waals surface area contributed by atoms with Crippen molar-refractivity contribution in [3.05, 3.63) is 48.0 Å². The Labute approximate surface area is 166 Å². The van der Waals surface area contributed by atoms with E-state index in [4.69, 9.17) is 0 Å². The number of ether oxygens (including phenoxy) is 1. The van der Waals surface area contributed by atoms with E-state index in [0.29, 0.717) is 5.69 Å². The van der Waals surface area contributed by atoms with Crippen molar-refractivity contribution < 1.29 is 31.1 Å². The summed E-state index contributed by atoms with van der Waals surface area (Å²) in [7, 11) is 2.48. The van der Waals surface area contributed by atoms with E-state index in [2.05, 4.69) is 10.1 Å². The number of nitrogens with one attached hydrogen (secondary N) is 1. The minimum Gasteiger partial charge on any atom is -0.406 e. The Balaban J connectivity index is 2.33. The van der Waals surface area contributed by atoms with E-state index in [-0.39, 0.29) is 16.1 Å². The number of halogens is 3. The number of hydrogen-bond donors (Lipinski definition) is 1. The van der Waals surface area contributed by atoms with Gasteiger partial charge in [-0.15, -0.1) is 13.2 Å². The summed E-state index contributed by atoms with van der Waals surface area (Å²) < 4.78 is 66.3. The standard InChI is InChI=1S/C18H20F3N3O4S/c1-23(2)16-10-9-14(29(26,27)24(3)4)11-15(16)22-17(25)12-5-7-13(8-6-12)28-18(19,20)21/h5-11H,1-4H3,(H,22,25). The molecule has 0 unspecified atom stereocenters. The predicted molar refractivity (Wildman–Crippen MR) is 103 cm³/mol. The van der Waals surface area contributed by atoms with Crippen LogP contribution >= 0.6 is 0 Å². The third kappa shape index (κ3) is 5.61. The molecule has 0 heterocycles. The number of sulfonamides is 1. The molecule has 1 N–H and O–H groups in total. The molecule has 0 aliphatic carbocycles. The summed E-state index contributed by atoms with van der Waals surface area (Å²) in [5.41, 5.74) is 0.858. The fourth-order valence-corrected chi connectivity index (χ4v) is 3.31. The lowest BCUT2D eigenvalue weighted by molar-refractivity contribution is -0.274. The van der Waals surface area contributed by atoms with Gasteiger partial charge in [-0.2, -0.15) is 0 Å². The van der Waals surface area contributed by atoms with Crippen LogP contribution in [0, 0.1) is 0 Å². The van der Waals surface area contributed by atoms with Gasteiger partial charge in [-0.05, 0) is 42.5 Å². The highest BCUT2D eigenvalue weighted by Crippen LogP contribution is 2.29. The first-order valence-corrected chi connectivity index (χ1v) is 9.66. The summed E-state index contributed by atoms with van der Waals surface area (Å²) in [4.78, 5) is 14.2. The zero-order chi connectivity index (χ0) is 22.0. The van der Waals surface area contributed by atoms with Crippen molar-refractivity contribution in [2.45, 2.75) is 11.3 Å². The van der Waals surface area contributed by atoms with Crippen LogP contribution in [0.4, 0.5) is 24.5 Å². The Morgan fingerprint density at radius 3 is 2.07 bits per heavy atom. The number of amides is 1. The van der Waals surface area contributed by atoms with Crippen LogP contribution in [-0.2, 0) is 10.0 Å². The van der Waals surface area contributed by atoms with Crippen molar-refractivity contribution in [3.63, 3.8) is 0 Å². The molecule has 0 fully saturated rings. The topological polar surface area (TPSA) is 79.0 Å². The van der Waals surface area contributed by atoms with Gasteiger partial charge in [0.2, 0.25) is 10.0 Å². The molecule has 0 atom stereocenters. The molecular formula is C18H20F3N3O4S. The first-order valence-electron chi connectivity index (χ1n) is 8.22. The molecule has 0 aliphatic rings. The molecule has 29 heavy (non-hydrogen) atoms. The van der Waals surface area contributed by atoms with Gasteiger partial charge in [0.15, 0.2) is 0 Å². The Hall–Kier alpha value is -2.79. The summed E-state index contributed by atoms with van der Waals surface area (Å²) in [5.74, 6) is -1.08. The zero-order valence-electron chi connectivity index (χ0n) is 16.1. The van der Waals surface area contributed by atoms with E-state index in [1.807, 2.05) is 0 Å². The van der Waals surface area contributed by atoms with Gasteiger partial charge in [-0.3, -0.25) is 4.79 Å². The Morgan fingerprint density at radius 1 is 1.00 bits per heavy atom. The van der Waals surface area contributed by atoms with Crippen LogP contribution < -0.4 is 15.0 Å². The average Bonchev–Trinajstić information content (AvgIpc) is 2.60. The minimum atomic E-state index is -4.83. The second-order valence-electron chi connectivity index (χ2n) is 6.39. The number of carbonyl (C=O) groups excluding carboxylic acids is 1. The molecular weight excluding hydrogens is 411 g/mol. The van der Waals surface area contributed by atoms with Crippen LogP contribution in [0.5, 0.6) is 5.75 Å². The second kappa shape index (κ2) is 8.29. The number of benzene rings is 2. The molecule has 2 aromatic rings. The van der Waals surface area contributed by atoms with Crippen LogP contribution in [0.1, 0.15) is 10.4 Å². The number of nitrogens with zero attached hydrogens (tertiary/aromatic N) is 2. The van der Waals surface area contributed by atoms with Crippen molar-refractivity contribution in [1.82, 2.24) is 4.31 Å². The summed E-state index contributed by atoms with van der Waals surface area (Å²) >= 11 is 0. The lowest BCUT2D eigenvalue weighted by Crippen LogP contribution is -2.23. The van der Waals surface area contributed by atoms with Crippen LogP contribution in [-0.4, -0.2) is 53.2 Å². The zero-order valence-corrected chi connectivity index (χ0v) is 16.9. The molecule has 0 saturated heterocycles. The lowest BCUT2D eigenvalue weighted by Gasteiger charge is -2.20. The Morgan fingerprint density at radius 2 is 1.59 bits per heavy atom. The van der Waals surface area contributed by atoms with Gasteiger partial charge in [0.1, 0.15) is 5.75 Å². The third-order valence-electron chi connectivity index (χ3n) is 3.83. The molecule has 1 amide bonds. The summed E-state index contributed by atoms with van der Waals surface area (Å²) in [6, 6.07) is 8.67. The van der Waals surface area contributed by atoms with Crippen molar-refractivity contribution in [2.75, 3.05) is 38.4 Å². The number of alkyl halides is 3. The smallest absolute Gasteiger partial charge is 0.406 e. The van der Waals surface area contributed by atoms with Crippen molar-refractivity contribution in [2.24, 2.45) is 0 Å². The second-order valence-corrected chi connectivity index (χ2v) is 8.54. The van der Waals surface area contributed by atoms with Crippen molar-refractivity contribution >= 4 is 27.3 Å². The van der Waals surface area contributed by atoms with Crippen LogP contribution in [0.2, 0.25) is 0 Å². The maximum absolute atomic E-state index is 12.5. The third-order valence-corrected chi connectivity index (χ3v) is 5.64. The average molecular weight is 431 g/mol. The quantitative estimate of drug-likeness (QED) is 0.760. The first kappa shape index (κ1) is 22.5. The summed E-state index contributed by atoms with van der Waals surface area (Å²) in [6.45, 7) is 0. The van der Waals surface area contributed by atoms with E-state index in [0.717, 1.165) is 16.4 Å². The minimum absolute atomic E-state index is 0.0164. The number of hydrogen-bond acceptors (Lipinski definition) is 5. The lowest BCUT2D eigenvalue weighted by atomic mass is 10.2. The number of carbonyl (C=O) groups is 1. The molecule has 0 saturated carbocycles. The normalized spacial score (nSPS) is 12.0. The molecule has 0 spiro atoms. The van der Waals surface area contributed by atoms with Gasteiger partial charge >= 0.3 is 6.36 Å². The Kier molecular flexibility index (Phi) is 6.43. The highest BCUT2D eigenvalue weighted by molar-refractivity contribution is 7.89. The van der Waals surface area contributed by atoms with E-state index in [1.54, 1.807) is 25.1 Å². The number of rotatable bonds is 6. The largest absolute Gasteiger partial charge is 0.573 e. The molecule has 2 aromatic carbocycles. The van der Waals surface area contributed by atoms with E-state index < -0.39 is 28.0 Å². The predicted octanol–water partition coefficient (Wildman–Crippen LogP) is 3.15. The maximum atomic E-state index is 12.5. The van der Waals surface area contributed by atoms with Crippen LogP contribution in [0.15, 0.2) is 47.4 Å². The summed E-state index contributed by atoms with van der Waals surface area (Å²) in [6.07, 6.45) is -4.83. The van der Waals surface area contributed by atoms with E-state index in [1.165, 1.54) is 38.4 Å². The molecule has 0 aromatic heterocycles. The Bertz CT molecular complexity index is 988. The maximum Gasteiger partial charge on any atom is 0.573 e. The van der Waals surface area contributed by atoms with Gasteiger partial charge in [0, 0.05) is 33.8 Å². The fraction of sp³-hybridized carbons (Fsp3) is 0.278. The van der Waals surface area contributed by atoms with Gasteiger partial charge < -0.3 is 15.0 Å². The summed E-state index contributed by atoms with van der Waals surface area (Å²) in [5, 5.41) is 2.60. The number of anilines is 2. The van der Waals surface area contributed by atoms with Crippen LogP contribution in [0.3, 0.4) is 0 Å². The van der Waals surface area contributed by atoms with Gasteiger partial charge in [-0.25, -0.2) is 12.7 Å². The van der Waals surface area contributed by atoms with Gasteiger partial charge in [-0.1, -0.05) is 0 Å². The van der Waals surface area contributed by atoms with Crippen molar-refractivity contribution in [1.29, 1.82) is 0 Å². The molecule has 158 valence electrons. The van der Waals surface area contributed by atoms with Crippen LogP contribution in [0.25, 0.3) is 0 Å². The van der Waals surface area contributed by atoms with E-state index in [9.17, 15) is 26.4 Å².